The molecule has 0 heterocycles. The lowest BCUT2D eigenvalue weighted by atomic mass is 10.1. The molecule has 1 aliphatic rings. The SMILES string of the molecule is CS(=O)(=O)CCNCC1(CO)CC1. The maximum absolute atomic E-state index is 10.8. The Morgan fingerprint density at radius 3 is 2.46 bits per heavy atom. The Bertz CT molecular complexity index is 257. The van der Waals surface area contributed by atoms with E-state index in [1.807, 2.05) is 0 Å². The molecule has 0 aromatic heterocycles. The minimum Gasteiger partial charge on any atom is -0.396 e. The van der Waals surface area contributed by atoms with Crippen molar-refractivity contribution in [2.24, 2.45) is 5.41 Å². The van der Waals surface area contributed by atoms with Crippen LogP contribution in [0.15, 0.2) is 0 Å². The lowest BCUT2D eigenvalue weighted by Crippen LogP contribution is -2.30. The highest BCUT2D eigenvalue weighted by Crippen LogP contribution is 2.44. The second-order valence-corrected chi connectivity index (χ2v) is 6.22. The fourth-order valence-corrected chi connectivity index (χ4v) is 1.69. The van der Waals surface area contributed by atoms with Gasteiger partial charge in [0.25, 0.3) is 0 Å². The first kappa shape index (κ1) is 10.9. The third kappa shape index (κ3) is 4.06. The van der Waals surface area contributed by atoms with Crippen molar-refractivity contribution >= 4 is 9.84 Å². The van der Waals surface area contributed by atoms with E-state index in [1.54, 1.807) is 0 Å². The zero-order valence-corrected chi connectivity index (χ0v) is 8.73. The summed E-state index contributed by atoms with van der Waals surface area (Å²) in [4.78, 5) is 0. The van der Waals surface area contributed by atoms with Crippen LogP contribution in [0.25, 0.3) is 0 Å². The van der Waals surface area contributed by atoms with Crippen LogP contribution in [0, 0.1) is 5.41 Å². The third-order valence-corrected chi connectivity index (χ3v) is 3.39. The number of sulfone groups is 1. The predicted octanol–water partition coefficient (Wildman–Crippen LogP) is -0.607. The summed E-state index contributed by atoms with van der Waals surface area (Å²) in [5.41, 5.74) is 0.0670. The number of nitrogens with one attached hydrogen (secondary N) is 1. The molecule has 13 heavy (non-hydrogen) atoms. The quantitative estimate of drug-likeness (QED) is 0.570. The molecule has 0 spiro atoms. The van der Waals surface area contributed by atoms with Gasteiger partial charge < -0.3 is 10.4 Å². The molecule has 1 rings (SSSR count). The predicted molar refractivity (Wildman–Crippen MR) is 51.3 cm³/mol. The monoisotopic (exact) mass is 207 g/mol. The van der Waals surface area contributed by atoms with Crippen molar-refractivity contribution in [3.05, 3.63) is 0 Å². The number of hydrogen-bond donors (Lipinski definition) is 2. The largest absolute Gasteiger partial charge is 0.396 e. The van der Waals surface area contributed by atoms with Gasteiger partial charge in [0, 0.05) is 31.4 Å². The Labute approximate surface area is 79.3 Å². The lowest BCUT2D eigenvalue weighted by molar-refractivity contribution is 0.208. The summed E-state index contributed by atoms with van der Waals surface area (Å²) in [5, 5.41) is 12.0. The molecular formula is C8H17NO3S. The fraction of sp³-hybridized carbons (Fsp3) is 1.00. The molecule has 0 unspecified atom stereocenters. The first-order valence-corrected chi connectivity index (χ1v) is 6.53. The van der Waals surface area contributed by atoms with Gasteiger partial charge in [0.15, 0.2) is 0 Å². The van der Waals surface area contributed by atoms with Gasteiger partial charge in [-0.1, -0.05) is 0 Å². The van der Waals surface area contributed by atoms with E-state index < -0.39 is 9.84 Å². The van der Waals surface area contributed by atoms with Crippen LogP contribution in [0.3, 0.4) is 0 Å². The van der Waals surface area contributed by atoms with Crippen molar-refractivity contribution in [3.8, 4) is 0 Å². The van der Waals surface area contributed by atoms with E-state index in [1.165, 1.54) is 6.26 Å². The zero-order chi connectivity index (χ0) is 9.95. The van der Waals surface area contributed by atoms with Crippen LogP contribution in [0.2, 0.25) is 0 Å². The van der Waals surface area contributed by atoms with Crippen LogP contribution in [0.1, 0.15) is 12.8 Å². The molecule has 78 valence electrons. The van der Waals surface area contributed by atoms with Crippen molar-refractivity contribution in [2.45, 2.75) is 12.8 Å². The lowest BCUT2D eigenvalue weighted by Gasteiger charge is -2.11. The summed E-state index contributed by atoms with van der Waals surface area (Å²) in [6, 6.07) is 0. The van der Waals surface area contributed by atoms with Gasteiger partial charge in [0.2, 0.25) is 0 Å². The summed E-state index contributed by atoms with van der Waals surface area (Å²) in [5.74, 6) is 0.175. The van der Waals surface area contributed by atoms with E-state index in [0.29, 0.717) is 6.54 Å². The molecule has 0 saturated heterocycles. The van der Waals surface area contributed by atoms with Gasteiger partial charge in [-0.2, -0.15) is 0 Å². The second kappa shape index (κ2) is 3.94. The topological polar surface area (TPSA) is 66.4 Å². The van der Waals surface area contributed by atoms with Crippen LogP contribution < -0.4 is 5.32 Å². The molecule has 0 radical (unpaired) electrons. The summed E-state index contributed by atoms with van der Waals surface area (Å²) >= 11 is 0. The molecule has 0 amide bonds. The average Bonchev–Trinajstić information content (AvgIpc) is 2.78. The Morgan fingerprint density at radius 2 is 2.08 bits per heavy atom. The third-order valence-electron chi connectivity index (χ3n) is 2.44. The van der Waals surface area contributed by atoms with Crippen LogP contribution >= 0.6 is 0 Å². The van der Waals surface area contributed by atoms with Gasteiger partial charge >= 0.3 is 0 Å². The minimum absolute atomic E-state index is 0.0670. The highest BCUT2D eigenvalue weighted by molar-refractivity contribution is 7.90. The Balaban J connectivity index is 2.08. The molecule has 5 heteroatoms. The summed E-state index contributed by atoms with van der Waals surface area (Å²) < 4.78 is 21.5. The maximum Gasteiger partial charge on any atom is 0.148 e. The van der Waals surface area contributed by atoms with Crippen molar-refractivity contribution in [1.29, 1.82) is 0 Å². The Hall–Kier alpha value is -0.130. The smallest absolute Gasteiger partial charge is 0.148 e. The fourth-order valence-electron chi connectivity index (χ4n) is 1.18. The van der Waals surface area contributed by atoms with Crippen LogP contribution in [0.5, 0.6) is 0 Å². The average molecular weight is 207 g/mol. The van der Waals surface area contributed by atoms with Crippen molar-refractivity contribution in [3.63, 3.8) is 0 Å². The van der Waals surface area contributed by atoms with Crippen LogP contribution in [-0.2, 0) is 9.84 Å². The maximum atomic E-state index is 10.8. The molecule has 1 saturated carbocycles. The molecular weight excluding hydrogens is 190 g/mol. The normalized spacial score (nSPS) is 20.2. The molecule has 2 N–H and O–H groups in total. The first-order chi connectivity index (χ1) is 5.97. The highest BCUT2D eigenvalue weighted by Gasteiger charge is 2.41. The van der Waals surface area contributed by atoms with Crippen LogP contribution in [0.4, 0.5) is 0 Å². The minimum atomic E-state index is -2.85. The van der Waals surface area contributed by atoms with Crippen LogP contribution in [-0.4, -0.2) is 45.2 Å². The second-order valence-electron chi connectivity index (χ2n) is 3.96. The van der Waals surface area contributed by atoms with E-state index >= 15 is 0 Å². The van der Waals surface area contributed by atoms with E-state index in [2.05, 4.69) is 5.32 Å². The number of hydrogen-bond acceptors (Lipinski definition) is 4. The molecule has 1 fully saturated rings. The highest BCUT2D eigenvalue weighted by atomic mass is 32.2. The summed E-state index contributed by atoms with van der Waals surface area (Å²) in [7, 11) is -2.85. The molecule has 0 aromatic rings. The molecule has 1 aliphatic carbocycles. The van der Waals surface area contributed by atoms with Gasteiger partial charge in [-0.05, 0) is 12.8 Å². The first-order valence-electron chi connectivity index (χ1n) is 4.47. The molecule has 0 aliphatic heterocycles. The summed E-state index contributed by atoms with van der Waals surface area (Å²) in [6.07, 6.45) is 3.33. The molecule has 0 atom stereocenters. The van der Waals surface area contributed by atoms with Crippen molar-refractivity contribution in [1.82, 2.24) is 5.32 Å². The molecule has 4 nitrogen and oxygen atoms in total. The van der Waals surface area contributed by atoms with Gasteiger partial charge in [-0.3, -0.25) is 0 Å². The van der Waals surface area contributed by atoms with Crippen molar-refractivity contribution < 1.29 is 13.5 Å². The standard InChI is InChI=1S/C8H17NO3S/c1-13(11,12)5-4-9-6-8(7-10)2-3-8/h9-10H,2-7H2,1H3. The molecule has 0 bridgehead atoms. The van der Waals surface area contributed by atoms with Gasteiger partial charge in [0.1, 0.15) is 9.84 Å². The zero-order valence-electron chi connectivity index (χ0n) is 7.91. The Kier molecular flexibility index (Phi) is 3.32. The Morgan fingerprint density at radius 1 is 1.46 bits per heavy atom. The van der Waals surface area contributed by atoms with E-state index in [4.69, 9.17) is 5.11 Å². The van der Waals surface area contributed by atoms with E-state index in [0.717, 1.165) is 19.4 Å². The number of aliphatic hydroxyl groups is 1. The van der Waals surface area contributed by atoms with Crippen molar-refractivity contribution in [2.75, 3.05) is 31.7 Å². The van der Waals surface area contributed by atoms with Gasteiger partial charge in [0.05, 0.1) is 5.75 Å². The number of rotatable bonds is 6. The van der Waals surface area contributed by atoms with Gasteiger partial charge in [-0.15, -0.1) is 0 Å². The number of aliphatic hydroxyl groups excluding tert-OH is 1. The van der Waals surface area contributed by atoms with Gasteiger partial charge in [-0.25, -0.2) is 8.42 Å². The summed E-state index contributed by atoms with van der Waals surface area (Å²) in [6.45, 7) is 1.43. The van der Waals surface area contributed by atoms with E-state index in [-0.39, 0.29) is 17.8 Å². The molecule has 0 aromatic carbocycles. The van der Waals surface area contributed by atoms with E-state index in [9.17, 15) is 8.42 Å².